The van der Waals surface area contributed by atoms with Gasteiger partial charge in [0.2, 0.25) is 0 Å². The number of aliphatic hydroxyl groups is 1. The number of aromatic nitrogens is 1. The molecule has 3 N–H and O–H groups in total. The number of hydrogen-bond acceptors (Lipinski definition) is 4. The van der Waals surface area contributed by atoms with E-state index in [4.69, 9.17) is 10.5 Å². The molecule has 0 aliphatic carbocycles. The molecule has 2 rings (SSSR count). The Morgan fingerprint density at radius 2 is 2.18 bits per heavy atom. The normalized spacial score (nSPS) is 12.6. The van der Waals surface area contributed by atoms with E-state index >= 15 is 0 Å². The summed E-state index contributed by atoms with van der Waals surface area (Å²) in [4.78, 5) is 4.33. The number of nitrogens with zero attached hydrogens (tertiary/aromatic N) is 1. The maximum Gasteiger partial charge on any atom is 0.126 e. The van der Waals surface area contributed by atoms with Gasteiger partial charge in [-0.05, 0) is 12.1 Å². The molecule has 0 saturated heterocycles. The fourth-order valence-corrected chi connectivity index (χ4v) is 1.98. The smallest absolute Gasteiger partial charge is 0.126 e. The van der Waals surface area contributed by atoms with E-state index in [1.54, 1.807) is 13.3 Å². The maximum absolute atomic E-state index is 9.31. The first-order valence-corrected chi connectivity index (χ1v) is 5.54. The van der Waals surface area contributed by atoms with E-state index in [1.165, 1.54) is 0 Å². The average Bonchev–Trinajstić information content (AvgIpc) is 2.39. The number of fused-ring (bicyclic) bond motifs is 1. The lowest BCUT2D eigenvalue weighted by Crippen LogP contribution is -2.17. The fourth-order valence-electron chi connectivity index (χ4n) is 1.98. The molecule has 0 aliphatic rings. The SMILES string of the molecule is COc1cccc2c(C(CN)CO)nccc12. The number of nitrogens with two attached hydrogens (primary N) is 1. The van der Waals surface area contributed by atoms with Gasteiger partial charge in [-0.25, -0.2) is 0 Å². The lowest BCUT2D eigenvalue weighted by molar-refractivity contribution is 0.266. The van der Waals surface area contributed by atoms with Crippen LogP contribution in [0.5, 0.6) is 5.75 Å². The molecule has 1 aromatic carbocycles. The summed E-state index contributed by atoms with van der Waals surface area (Å²) in [6, 6.07) is 7.70. The van der Waals surface area contributed by atoms with Crippen LogP contribution in [0, 0.1) is 0 Å². The molecule has 0 aliphatic heterocycles. The van der Waals surface area contributed by atoms with Crippen LogP contribution in [0.1, 0.15) is 11.6 Å². The third kappa shape index (κ3) is 2.09. The summed E-state index contributed by atoms with van der Waals surface area (Å²) < 4.78 is 5.31. The molecular weight excluding hydrogens is 216 g/mol. The third-order valence-electron chi connectivity index (χ3n) is 2.91. The maximum atomic E-state index is 9.31. The van der Waals surface area contributed by atoms with Crippen molar-refractivity contribution in [3.8, 4) is 5.75 Å². The lowest BCUT2D eigenvalue weighted by atomic mass is 9.99. The van der Waals surface area contributed by atoms with E-state index in [0.29, 0.717) is 6.54 Å². The molecule has 0 saturated carbocycles. The number of rotatable bonds is 4. The number of methoxy groups -OCH3 is 1. The van der Waals surface area contributed by atoms with Crippen LogP contribution in [-0.4, -0.2) is 30.4 Å². The van der Waals surface area contributed by atoms with Crippen LogP contribution in [0.25, 0.3) is 10.8 Å². The first-order chi connectivity index (χ1) is 8.31. The minimum Gasteiger partial charge on any atom is -0.496 e. The summed E-state index contributed by atoms with van der Waals surface area (Å²) in [6.45, 7) is 0.375. The number of hydrogen-bond donors (Lipinski definition) is 2. The van der Waals surface area contributed by atoms with Crippen LogP contribution in [0.15, 0.2) is 30.5 Å². The van der Waals surface area contributed by atoms with Crippen LogP contribution in [0.3, 0.4) is 0 Å². The van der Waals surface area contributed by atoms with E-state index in [9.17, 15) is 5.11 Å². The zero-order valence-corrected chi connectivity index (χ0v) is 9.76. The van der Waals surface area contributed by atoms with Crippen LogP contribution < -0.4 is 10.5 Å². The highest BCUT2D eigenvalue weighted by Crippen LogP contribution is 2.29. The van der Waals surface area contributed by atoms with Gasteiger partial charge in [-0.15, -0.1) is 0 Å². The van der Waals surface area contributed by atoms with Crippen LogP contribution >= 0.6 is 0 Å². The largest absolute Gasteiger partial charge is 0.496 e. The van der Waals surface area contributed by atoms with Crippen molar-refractivity contribution in [2.45, 2.75) is 5.92 Å². The molecule has 17 heavy (non-hydrogen) atoms. The Bertz CT molecular complexity index is 510. The lowest BCUT2D eigenvalue weighted by Gasteiger charge is -2.14. The van der Waals surface area contributed by atoms with Gasteiger partial charge in [-0.3, -0.25) is 4.98 Å². The average molecular weight is 232 g/mol. The Morgan fingerprint density at radius 3 is 2.82 bits per heavy atom. The summed E-state index contributed by atoms with van der Waals surface area (Å²) in [5.74, 6) is 0.672. The first-order valence-electron chi connectivity index (χ1n) is 5.54. The number of ether oxygens (including phenoxy) is 1. The molecule has 0 spiro atoms. The molecule has 1 aromatic heterocycles. The molecule has 0 amide bonds. The number of aliphatic hydroxyl groups excluding tert-OH is 1. The first kappa shape index (κ1) is 11.8. The van der Waals surface area contributed by atoms with E-state index < -0.39 is 0 Å². The van der Waals surface area contributed by atoms with Crippen molar-refractivity contribution in [3.63, 3.8) is 0 Å². The topological polar surface area (TPSA) is 68.4 Å². The van der Waals surface area contributed by atoms with Gasteiger partial charge >= 0.3 is 0 Å². The summed E-state index contributed by atoms with van der Waals surface area (Å²) in [5.41, 5.74) is 6.47. The summed E-state index contributed by atoms with van der Waals surface area (Å²) >= 11 is 0. The quantitative estimate of drug-likeness (QED) is 0.833. The molecule has 4 nitrogen and oxygen atoms in total. The third-order valence-corrected chi connectivity index (χ3v) is 2.91. The van der Waals surface area contributed by atoms with E-state index in [1.807, 2.05) is 24.3 Å². The summed E-state index contributed by atoms with van der Waals surface area (Å²) in [5, 5.41) is 11.3. The van der Waals surface area contributed by atoms with Crippen molar-refractivity contribution in [2.24, 2.45) is 5.73 Å². The zero-order chi connectivity index (χ0) is 12.3. The van der Waals surface area contributed by atoms with Gasteiger partial charge in [0.25, 0.3) is 0 Å². The Kier molecular flexibility index (Phi) is 3.56. The highest BCUT2D eigenvalue weighted by atomic mass is 16.5. The molecule has 0 bridgehead atoms. The Morgan fingerprint density at radius 1 is 1.35 bits per heavy atom. The number of pyridine rings is 1. The zero-order valence-electron chi connectivity index (χ0n) is 9.76. The second-order valence-corrected chi connectivity index (χ2v) is 3.87. The molecule has 0 radical (unpaired) electrons. The molecule has 1 unspecified atom stereocenters. The van der Waals surface area contributed by atoms with Gasteiger partial charge in [0.15, 0.2) is 0 Å². The van der Waals surface area contributed by atoms with Crippen LogP contribution in [0.4, 0.5) is 0 Å². The summed E-state index contributed by atoms with van der Waals surface area (Å²) in [7, 11) is 1.64. The minimum atomic E-state index is -0.134. The Labute approximate surface area is 100 Å². The molecule has 0 fully saturated rings. The van der Waals surface area contributed by atoms with Gasteiger partial charge in [-0.2, -0.15) is 0 Å². The number of benzene rings is 1. The van der Waals surface area contributed by atoms with Crippen molar-refractivity contribution in [1.82, 2.24) is 4.98 Å². The standard InChI is InChI=1S/C13H16N2O2/c1-17-12-4-2-3-11-10(12)5-6-15-13(11)9(7-14)8-16/h2-6,9,16H,7-8,14H2,1H3. The van der Waals surface area contributed by atoms with Crippen LogP contribution in [0.2, 0.25) is 0 Å². The molecule has 4 heteroatoms. The van der Waals surface area contributed by atoms with Crippen molar-refractivity contribution >= 4 is 10.8 Å². The van der Waals surface area contributed by atoms with Gasteiger partial charge < -0.3 is 15.6 Å². The second-order valence-electron chi connectivity index (χ2n) is 3.87. The molecule has 90 valence electrons. The van der Waals surface area contributed by atoms with Crippen molar-refractivity contribution in [2.75, 3.05) is 20.3 Å². The van der Waals surface area contributed by atoms with E-state index in [-0.39, 0.29) is 12.5 Å². The molecular formula is C13H16N2O2. The van der Waals surface area contributed by atoms with Gasteiger partial charge in [-0.1, -0.05) is 12.1 Å². The fraction of sp³-hybridized carbons (Fsp3) is 0.308. The Hall–Kier alpha value is -1.65. The van der Waals surface area contributed by atoms with E-state index in [2.05, 4.69) is 4.98 Å². The Balaban J connectivity index is 2.65. The van der Waals surface area contributed by atoms with Gasteiger partial charge in [0.05, 0.1) is 19.4 Å². The molecule has 2 aromatic rings. The molecule has 1 atom stereocenters. The van der Waals surface area contributed by atoms with Crippen molar-refractivity contribution < 1.29 is 9.84 Å². The van der Waals surface area contributed by atoms with Gasteiger partial charge in [0.1, 0.15) is 5.75 Å². The van der Waals surface area contributed by atoms with Crippen molar-refractivity contribution in [3.05, 3.63) is 36.2 Å². The second kappa shape index (κ2) is 5.12. The molecule has 1 heterocycles. The minimum absolute atomic E-state index is 0.000176. The van der Waals surface area contributed by atoms with Crippen molar-refractivity contribution in [1.29, 1.82) is 0 Å². The predicted octanol–water partition coefficient (Wildman–Crippen LogP) is 1.28. The highest BCUT2D eigenvalue weighted by Gasteiger charge is 2.14. The van der Waals surface area contributed by atoms with E-state index in [0.717, 1.165) is 22.2 Å². The highest BCUT2D eigenvalue weighted by molar-refractivity contribution is 5.90. The van der Waals surface area contributed by atoms with Gasteiger partial charge in [0, 0.05) is 29.4 Å². The predicted molar refractivity (Wildman–Crippen MR) is 67.2 cm³/mol. The van der Waals surface area contributed by atoms with Crippen LogP contribution in [-0.2, 0) is 0 Å². The summed E-state index contributed by atoms with van der Waals surface area (Å²) in [6.07, 6.45) is 1.72. The monoisotopic (exact) mass is 232 g/mol.